The maximum Gasteiger partial charge on any atom is 0.0786 e. The number of nitrogens with zero attached hydrogens (tertiary/aromatic N) is 2. The van der Waals surface area contributed by atoms with E-state index in [2.05, 4.69) is 27.7 Å². The van der Waals surface area contributed by atoms with Crippen molar-refractivity contribution in [1.82, 2.24) is 0 Å². The summed E-state index contributed by atoms with van der Waals surface area (Å²) in [5.41, 5.74) is 0. The molecular formula is C16H36CeN2O3. The Morgan fingerprint density at radius 2 is 0.864 bits per heavy atom. The fourth-order valence-electron chi connectivity index (χ4n) is 2.64. The first-order chi connectivity index (χ1) is 9.97. The molecule has 0 rings (SSSR count). The summed E-state index contributed by atoms with van der Waals surface area (Å²) in [6.45, 7) is 15.0. The van der Waals surface area contributed by atoms with Crippen molar-refractivity contribution in [1.29, 1.82) is 0 Å². The Morgan fingerprint density at radius 1 is 0.682 bits per heavy atom. The molecule has 6 heteroatoms. The van der Waals surface area contributed by atoms with Gasteiger partial charge in [-0.15, -0.1) is 0 Å². The fourth-order valence-corrected chi connectivity index (χ4v) is 2.64. The second-order valence-electron chi connectivity index (χ2n) is 5.87. The van der Waals surface area contributed by atoms with Crippen molar-refractivity contribution in [3.8, 4) is 0 Å². The third kappa shape index (κ3) is 18.6. The summed E-state index contributed by atoms with van der Waals surface area (Å²) in [5, 5.41) is 14.8. The molecule has 0 fully saturated rings. The Kier molecular flexibility index (Phi) is 24.4. The third-order valence-corrected chi connectivity index (χ3v) is 3.94. The van der Waals surface area contributed by atoms with Crippen molar-refractivity contribution >= 4 is 0 Å². The number of hydrogen-bond acceptors (Lipinski definition) is 3. The zero-order valence-electron chi connectivity index (χ0n) is 15.1. The molecule has 0 aliphatic rings. The van der Waals surface area contributed by atoms with Crippen molar-refractivity contribution < 1.29 is 51.3 Å². The molecule has 0 spiro atoms. The van der Waals surface area contributed by atoms with Crippen LogP contribution in [0.3, 0.4) is 0 Å². The minimum atomic E-state index is -1.75. The third-order valence-electron chi connectivity index (χ3n) is 3.94. The van der Waals surface area contributed by atoms with E-state index in [1.165, 1.54) is 82.0 Å². The van der Waals surface area contributed by atoms with Crippen LogP contribution < -0.4 is 0 Å². The van der Waals surface area contributed by atoms with E-state index < -0.39 is 5.09 Å². The van der Waals surface area contributed by atoms with E-state index in [-0.39, 0.29) is 41.7 Å². The topological polar surface area (TPSA) is 66.2 Å². The zero-order valence-corrected chi connectivity index (χ0v) is 18.2. The molecule has 0 radical (unpaired) electrons. The second kappa shape index (κ2) is 19.6. The van der Waals surface area contributed by atoms with Gasteiger partial charge < -0.3 is 19.8 Å². The van der Waals surface area contributed by atoms with Gasteiger partial charge in [0.05, 0.1) is 31.3 Å². The number of unbranched alkanes of at least 4 members (excludes halogenated alkanes) is 4. The number of hydrogen-bond donors (Lipinski definition) is 0. The molecule has 0 unspecified atom stereocenters. The van der Waals surface area contributed by atoms with E-state index in [4.69, 9.17) is 15.3 Å². The molecule has 0 heterocycles. The minimum absolute atomic E-state index is 0. The van der Waals surface area contributed by atoms with E-state index >= 15 is 0 Å². The molecule has 0 aromatic carbocycles. The Hall–Kier alpha value is 0.537. The Bertz CT molecular complexity index is 200. The van der Waals surface area contributed by atoms with E-state index in [1.54, 1.807) is 0 Å². The van der Waals surface area contributed by atoms with Crippen molar-refractivity contribution in [2.75, 3.05) is 26.2 Å². The van der Waals surface area contributed by atoms with Gasteiger partial charge in [0.2, 0.25) is 0 Å². The maximum atomic E-state index is 8.25. The molecule has 0 N–H and O–H groups in total. The van der Waals surface area contributed by atoms with Crippen molar-refractivity contribution in [2.45, 2.75) is 79.1 Å². The summed E-state index contributed by atoms with van der Waals surface area (Å²) < 4.78 is 1.42. The van der Waals surface area contributed by atoms with Crippen LogP contribution in [0.15, 0.2) is 0 Å². The molecule has 0 bridgehead atoms. The van der Waals surface area contributed by atoms with E-state index in [9.17, 15) is 0 Å². The normalized spacial score (nSPS) is 10.4. The van der Waals surface area contributed by atoms with Crippen LogP contribution in [0.1, 0.15) is 79.1 Å². The van der Waals surface area contributed by atoms with Gasteiger partial charge in [-0.1, -0.05) is 53.4 Å². The largest absolute Gasteiger partial charge is 0.356 e. The summed E-state index contributed by atoms with van der Waals surface area (Å²) in [6.07, 6.45) is 11.1. The molecule has 0 aliphatic heterocycles. The molecule has 132 valence electrons. The van der Waals surface area contributed by atoms with Crippen LogP contribution in [-0.4, -0.2) is 35.7 Å². The van der Waals surface area contributed by atoms with Crippen LogP contribution in [0.2, 0.25) is 0 Å². The van der Waals surface area contributed by atoms with Gasteiger partial charge >= 0.3 is 0 Å². The maximum absolute atomic E-state index is 8.25. The first-order valence-electron chi connectivity index (χ1n) is 8.64. The van der Waals surface area contributed by atoms with Gasteiger partial charge in [0.15, 0.2) is 0 Å². The van der Waals surface area contributed by atoms with Crippen LogP contribution in [0.4, 0.5) is 0 Å². The molecular weight excluding hydrogens is 408 g/mol. The molecule has 0 atom stereocenters. The van der Waals surface area contributed by atoms with Crippen LogP contribution in [-0.2, 0) is 0 Å². The van der Waals surface area contributed by atoms with Crippen molar-refractivity contribution in [3.05, 3.63) is 15.3 Å². The molecule has 0 amide bonds. The van der Waals surface area contributed by atoms with E-state index in [0.717, 1.165) is 0 Å². The standard InChI is InChI=1S/C16H36N.Ce.NO3/c1-5-9-13-17(14-10-6-2,15-11-7-3)16-12-8-4;;2-1(3)4/h5-16H2,1-4H3;;/q+1;;-1. The summed E-state index contributed by atoms with van der Waals surface area (Å²) in [5.74, 6) is 0. The quantitative estimate of drug-likeness (QED) is 0.248. The summed E-state index contributed by atoms with van der Waals surface area (Å²) in [4.78, 5) is 8.25. The number of rotatable bonds is 12. The monoisotopic (exact) mass is 444 g/mol. The number of quaternary nitrogens is 1. The predicted molar refractivity (Wildman–Crippen MR) is 89.7 cm³/mol. The molecule has 0 aromatic heterocycles. The first kappa shape index (κ1) is 27.4. The zero-order chi connectivity index (χ0) is 16.6. The van der Waals surface area contributed by atoms with Gasteiger partial charge in [-0.05, 0) is 25.7 Å². The van der Waals surface area contributed by atoms with E-state index in [1.807, 2.05) is 0 Å². The SMILES string of the molecule is CCCC[N+](CCCC)(CCCC)CCCC.O=[N+]([O-])[O-].[Ce]. The predicted octanol–water partition coefficient (Wildman–Crippen LogP) is 4.76. The molecule has 0 aromatic rings. The van der Waals surface area contributed by atoms with Crippen molar-refractivity contribution in [3.63, 3.8) is 0 Å². The Morgan fingerprint density at radius 3 is 1.00 bits per heavy atom. The van der Waals surface area contributed by atoms with Crippen LogP contribution in [0.25, 0.3) is 0 Å². The Labute approximate surface area is 170 Å². The first-order valence-corrected chi connectivity index (χ1v) is 8.64. The molecule has 0 aliphatic carbocycles. The van der Waals surface area contributed by atoms with Crippen LogP contribution in [0.5, 0.6) is 0 Å². The van der Waals surface area contributed by atoms with Gasteiger partial charge in [0.25, 0.3) is 0 Å². The van der Waals surface area contributed by atoms with Crippen LogP contribution in [0, 0.1) is 57.1 Å². The summed E-state index contributed by atoms with van der Waals surface area (Å²) in [7, 11) is 0. The van der Waals surface area contributed by atoms with Gasteiger partial charge in [0, 0.05) is 41.7 Å². The van der Waals surface area contributed by atoms with Gasteiger partial charge in [0.1, 0.15) is 0 Å². The average Bonchev–Trinajstić information content (AvgIpc) is 2.45. The smallest absolute Gasteiger partial charge is 0.0786 e. The van der Waals surface area contributed by atoms with Gasteiger partial charge in [-0.25, -0.2) is 0 Å². The van der Waals surface area contributed by atoms with Crippen molar-refractivity contribution in [2.24, 2.45) is 0 Å². The Balaban J connectivity index is -0.000000640. The summed E-state index contributed by atoms with van der Waals surface area (Å²) >= 11 is 0. The molecule has 0 saturated heterocycles. The van der Waals surface area contributed by atoms with Crippen LogP contribution >= 0.6 is 0 Å². The average molecular weight is 445 g/mol. The molecule has 5 nitrogen and oxygen atoms in total. The molecule has 0 saturated carbocycles. The summed E-state index contributed by atoms with van der Waals surface area (Å²) in [6, 6.07) is 0. The second-order valence-corrected chi connectivity index (χ2v) is 5.87. The molecule has 22 heavy (non-hydrogen) atoms. The van der Waals surface area contributed by atoms with E-state index in [0.29, 0.717) is 0 Å². The van der Waals surface area contributed by atoms with Gasteiger partial charge in [-0.3, -0.25) is 0 Å². The fraction of sp³-hybridized carbons (Fsp3) is 1.00. The van der Waals surface area contributed by atoms with Gasteiger partial charge in [-0.2, -0.15) is 0 Å². The minimum Gasteiger partial charge on any atom is -0.356 e.